The van der Waals surface area contributed by atoms with Crippen molar-refractivity contribution < 1.29 is 42.6 Å². The summed E-state index contributed by atoms with van der Waals surface area (Å²) in [5, 5.41) is 5.89. The maximum Gasteiger partial charge on any atom is 0.337 e. The fraction of sp³-hybridized carbons (Fsp3) is 0.125. The summed E-state index contributed by atoms with van der Waals surface area (Å²) in [5.41, 5.74) is 1.09. The number of nitrogens with zero attached hydrogens (tertiary/aromatic N) is 1. The summed E-state index contributed by atoms with van der Waals surface area (Å²) in [7, 11) is 6.35. The Hall–Kier alpha value is 0.490. The van der Waals surface area contributed by atoms with Gasteiger partial charge in [0.25, 0.3) is 0 Å². The highest BCUT2D eigenvalue weighted by atomic mass is 35.7. The van der Waals surface area contributed by atoms with E-state index in [1.54, 1.807) is 0 Å². The summed E-state index contributed by atoms with van der Waals surface area (Å²) in [6.45, 7) is 0.550. The van der Waals surface area contributed by atoms with Gasteiger partial charge in [0, 0.05) is 0 Å². The second kappa shape index (κ2) is 12.0. The van der Waals surface area contributed by atoms with E-state index < -0.39 is 0 Å². The zero-order chi connectivity index (χ0) is 9.68. The van der Waals surface area contributed by atoms with Gasteiger partial charge in [-0.2, -0.15) is 0 Å². The Morgan fingerprint density at radius 1 is 1.19 bits per heavy atom. The van der Waals surface area contributed by atoms with Crippen molar-refractivity contribution in [3.8, 4) is 0 Å². The van der Waals surface area contributed by atoms with Gasteiger partial charge in [-0.15, -0.1) is 4.42 Å². The van der Waals surface area contributed by atoms with Crippen LogP contribution in [0.2, 0.25) is 0 Å². The van der Waals surface area contributed by atoms with Crippen molar-refractivity contribution in [2.75, 3.05) is 0 Å². The molecule has 0 saturated carbocycles. The molecule has 94 valence electrons. The molecule has 0 aliphatic rings. The number of benzene rings is 1. The summed E-state index contributed by atoms with van der Waals surface area (Å²) in [6.07, 6.45) is 0. The Labute approximate surface area is 127 Å². The lowest BCUT2D eigenvalue weighted by Gasteiger charge is -2.05. The Morgan fingerprint density at radius 3 is 2.12 bits per heavy atom. The second-order valence-corrected chi connectivity index (χ2v) is 3.86. The van der Waals surface area contributed by atoms with Gasteiger partial charge in [-0.05, 0) is 16.2 Å². The highest BCUT2D eigenvalue weighted by Gasteiger charge is 2.15. The van der Waals surface area contributed by atoms with Crippen molar-refractivity contribution in [2.45, 2.75) is 6.54 Å². The summed E-state index contributed by atoms with van der Waals surface area (Å²) < 4.78 is 1.38. The van der Waals surface area contributed by atoms with E-state index >= 15 is 0 Å². The quantitative estimate of drug-likeness (QED) is 0.329. The average Bonchev–Trinajstić information content (AvgIpc) is 2.18. The molecule has 0 atom stereocenters. The van der Waals surface area contributed by atoms with Crippen LogP contribution in [0, 0.1) is 0 Å². The smallest absolute Gasteiger partial charge is 0.337 e. The molecule has 0 saturated heterocycles. The maximum absolute atomic E-state index is 5.83. The molecule has 0 spiro atoms. The van der Waals surface area contributed by atoms with E-state index in [4.69, 9.17) is 27.9 Å². The van der Waals surface area contributed by atoms with E-state index in [2.05, 4.69) is 0 Å². The number of amidine groups is 1. The first-order chi connectivity index (χ1) is 6.24. The van der Waals surface area contributed by atoms with Crippen LogP contribution in [0.3, 0.4) is 0 Å². The van der Waals surface area contributed by atoms with Gasteiger partial charge in [0.2, 0.25) is 0 Å². The van der Waals surface area contributed by atoms with E-state index in [9.17, 15) is 0 Å². The minimum absolute atomic E-state index is 0. The van der Waals surface area contributed by atoms with Crippen LogP contribution < -0.4 is 42.6 Å². The molecule has 0 bridgehead atoms. The molecule has 0 aliphatic carbocycles. The lowest BCUT2D eigenvalue weighted by Crippen LogP contribution is -3.00. The molecule has 1 aromatic rings. The maximum atomic E-state index is 5.83. The topological polar surface area (TPSA) is 28.8 Å². The van der Waals surface area contributed by atoms with Gasteiger partial charge in [0.05, 0.1) is 11.0 Å². The number of nitrogens with two attached hydrogens (primary N) is 1. The van der Waals surface area contributed by atoms with E-state index in [0.29, 0.717) is 11.7 Å². The first kappa shape index (κ1) is 21.7. The molecule has 0 amide bonds. The SMILES string of the molecule is [Cl-].[Cl-].[Cl-].[NH2+]=C(SCl)N(Cl)Cc1ccccc1. The van der Waals surface area contributed by atoms with E-state index in [1.807, 2.05) is 30.3 Å². The number of hydrogen-bond donors (Lipinski definition) is 1. The average molecular weight is 343 g/mol. The first-order valence-electron chi connectivity index (χ1n) is 3.62. The zero-order valence-corrected chi connectivity index (χ0v) is 12.5. The van der Waals surface area contributed by atoms with Gasteiger partial charge in [0.15, 0.2) is 0 Å². The Bertz CT molecular complexity index is 285. The lowest BCUT2D eigenvalue weighted by molar-refractivity contribution is -0.117. The molecule has 0 radical (unpaired) electrons. The number of hydrogen-bond acceptors (Lipinski definition) is 1. The monoisotopic (exact) mass is 340 g/mol. The molecule has 1 aromatic carbocycles. The van der Waals surface area contributed by atoms with Crippen LogP contribution in [-0.2, 0) is 6.54 Å². The van der Waals surface area contributed by atoms with Crippen LogP contribution in [0.4, 0.5) is 0 Å². The molecule has 2 nitrogen and oxygen atoms in total. The van der Waals surface area contributed by atoms with Crippen LogP contribution in [0.15, 0.2) is 30.3 Å². The van der Waals surface area contributed by atoms with Gasteiger partial charge in [-0.3, -0.25) is 5.41 Å². The molecule has 0 aromatic heterocycles. The van der Waals surface area contributed by atoms with Crippen LogP contribution in [-0.4, -0.2) is 9.59 Å². The number of halogens is 5. The normalized spacial score (nSPS) is 7.88. The molecule has 0 unspecified atom stereocenters. The van der Waals surface area contributed by atoms with Gasteiger partial charge >= 0.3 is 5.17 Å². The molecule has 2 N–H and O–H groups in total. The predicted molar refractivity (Wildman–Crippen MR) is 58.2 cm³/mol. The van der Waals surface area contributed by atoms with Crippen molar-refractivity contribution in [1.29, 1.82) is 0 Å². The van der Waals surface area contributed by atoms with Crippen LogP contribution in [0.1, 0.15) is 5.56 Å². The summed E-state index contributed by atoms with van der Waals surface area (Å²) >= 11 is 5.83. The molecule has 16 heavy (non-hydrogen) atoms. The van der Waals surface area contributed by atoms with Crippen LogP contribution in [0.5, 0.6) is 0 Å². The number of rotatable bonds is 2. The van der Waals surface area contributed by atoms with Crippen molar-refractivity contribution in [3.05, 3.63) is 35.9 Å². The third-order valence-corrected chi connectivity index (χ3v) is 2.74. The highest BCUT2D eigenvalue weighted by Crippen LogP contribution is 2.14. The molecule has 8 heteroatoms. The minimum atomic E-state index is 0. The standard InChI is InChI=1S/C8H8Cl2N2S.3ClH/c9-12(8(11)13-10)6-7-4-2-1-3-5-7;;;/h1-5,11H,6H2;3*1H/p-2. The van der Waals surface area contributed by atoms with Crippen molar-refractivity contribution in [3.63, 3.8) is 0 Å². The fourth-order valence-electron chi connectivity index (χ4n) is 0.859. The van der Waals surface area contributed by atoms with Gasteiger partial charge in [-0.25, -0.2) is 0 Å². The third-order valence-electron chi connectivity index (χ3n) is 1.48. The Morgan fingerprint density at radius 2 is 1.69 bits per heavy atom. The van der Waals surface area contributed by atoms with Crippen LogP contribution in [0.25, 0.3) is 0 Å². The predicted octanol–water partition coefficient (Wildman–Crippen LogP) is -7.34. The van der Waals surface area contributed by atoms with Crippen LogP contribution >= 0.6 is 33.4 Å². The third kappa shape index (κ3) is 7.71. The molecule has 0 heterocycles. The van der Waals surface area contributed by atoms with Gasteiger partial charge in [0.1, 0.15) is 18.3 Å². The van der Waals surface area contributed by atoms with Gasteiger partial charge in [-0.1, -0.05) is 30.3 Å². The fourth-order valence-corrected chi connectivity index (χ4v) is 1.60. The van der Waals surface area contributed by atoms with Crippen molar-refractivity contribution in [2.24, 2.45) is 0 Å². The van der Waals surface area contributed by atoms with Gasteiger partial charge < -0.3 is 37.2 Å². The summed E-state index contributed by atoms with van der Waals surface area (Å²) in [5.74, 6) is 0. The molecule has 0 fully saturated rings. The second-order valence-electron chi connectivity index (χ2n) is 2.42. The van der Waals surface area contributed by atoms with E-state index in [-0.39, 0.29) is 37.2 Å². The van der Waals surface area contributed by atoms with E-state index in [0.717, 1.165) is 16.5 Å². The Kier molecular flexibility index (Phi) is 16.3. The lowest BCUT2D eigenvalue weighted by atomic mass is 10.2. The molecular formula is C8H9Cl5N2S-2. The molecule has 0 aliphatic heterocycles. The summed E-state index contributed by atoms with van der Waals surface area (Å²) in [4.78, 5) is 0. The largest absolute Gasteiger partial charge is 1.00 e. The molecular weight excluding hydrogens is 333 g/mol. The first-order valence-corrected chi connectivity index (χ1v) is 5.60. The molecule has 1 rings (SSSR count). The highest BCUT2D eigenvalue weighted by molar-refractivity contribution is 8.32. The van der Waals surface area contributed by atoms with Crippen molar-refractivity contribution in [1.82, 2.24) is 4.42 Å². The minimum Gasteiger partial charge on any atom is -1.00 e. The zero-order valence-electron chi connectivity index (χ0n) is 7.92. The van der Waals surface area contributed by atoms with Crippen molar-refractivity contribution >= 4 is 38.6 Å². The summed E-state index contributed by atoms with van der Waals surface area (Å²) in [6, 6.07) is 9.79. The Balaban J connectivity index is -0.000000563. The van der Waals surface area contributed by atoms with E-state index in [1.165, 1.54) is 4.42 Å².